The summed E-state index contributed by atoms with van der Waals surface area (Å²) in [5.41, 5.74) is 6.08. The fraction of sp³-hybridized carbons (Fsp3) is 0.0968. The zero-order valence-electron chi connectivity index (χ0n) is 21.8. The van der Waals surface area contributed by atoms with Crippen LogP contribution in [0.3, 0.4) is 0 Å². The Morgan fingerprint density at radius 1 is 0.825 bits per heavy atom. The molecule has 2 aliphatic rings. The van der Waals surface area contributed by atoms with Crippen molar-refractivity contribution in [2.24, 2.45) is 9.98 Å². The minimum absolute atomic E-state index is 0.183. The molecule has 2 aliphatic heterocycles. The second-order valence-electron chi connectivity index (χ2n) is 9.82. The van der Waals surface area contributed by atoms with Crippen LogP contribution in [0.2, 0.25) is 0 Å². The second kappa shape index (κ2) is 9.09. The molecular weight excluding hydrogens is 502 g/mol. The summed E-state index contributed by atoms with van der Waals surface area (Å²) in [4.78, 5) is 16.8. The summed E-state index contributed by atoms with van der Waals surface area (Å²) >= 11 is 0. The van der Waals surface area contributed by atoms with E-state index in [4.69, 9.17) is 15.1 Å². The van der Waals surface area contributed by atoms with E-state index in [1.807, 2.05) is 86.6 Å². The number of hydrogen-bond donors (Lipinski definition) is 3. The molecular formula is C31H25N7O2. The first-order valence-electron chi connectivity index (χ1n) is 12.9. The van der Waals surface area contributed by atoms with E-state index in [0.29, 0.717) is 23.3 Å². The van der Waals surface area contributed by atoms with Gasteiger partial charge in [0.2, 0.25) is 0 Å². The Balaban J connectivity index is 1.50. The third-order valence-electron chi connectivity index (χ3n) is 7.13. The Kier molecular flexibility index (Phi) is 5.38. The molecule has 0 saturated heterocycles. The van der Waals surface area contributed by atoms with Crippen molar-refractivity contribution in [1.29, 1.82) is 0 Å². The summed E-state index contributed by atoms with van der Waals surface area (Å²) in [6, 6.07) is 26.1. The number of fused-ring (bicyclic) bond motifs is 4. The highest BCUT2D eigenvalue weighted by atomic mass is 16.3. The number of hydrogen-bond acceptors (Lipinski definition) is 8. The second-order valence-corrected chi connectivity index (χ2v) is 9.82. The number of pyridine rings is 1. The number of phenolic OH excluding ortho intramolecular Hbond substituents is 2. The Morgan fingerprint density at radius 2 is 1.62 bits per heavy atom. The van der Waals surface area contributed by atoms with Gasteiger partial charge in [0, 0.05) is 17.4 Å². The molecule has 9 nitrogen and oxygen atoms in total. The molecule has 0 aliphatic carbocycles. The topological polar surface area (TPSA) is 111 Å². The number of benzene rings is 3. The maximum absolute atomic E-state index is 10.5. The summed E-state index contributed by atoms with van der Waals surface area (Å²) in [5, 5.41) is 29.0. The van der Waals surface area contributed by atoms with Gasteiger partial charge in [0.25, 0.3) is 0 Å². The van der Waals surface area contributed by atoms with Gasteiger partial charge in [-0.15, -0.1) is 0 Å². The van der Waals surface area contributed by atoms with Crippen LogP contribution in [0.1, 0.15) is 28.4 Å². The molecule has 0 fully saturated rings. The van der Waals surface area contributed by atoms with Gasteiger partial charge in [0.1, 0.15) is 0 Å². The summed E-state index contributed by atoms with van der Waals surface area (Å²) in [7, 11) is 0. The van der Waals surface area contributed by atoms with Crippen molar-refractivity contribution >= 4 is 34.6 Å². The highest BCUT2D eigenvalue weighted by Crippen LogP contribution is 2.49. The van der Waals surface area contributed by atoms with Crippen molar-refractivity contribution in [3.8, 4) is 17.3 Å². The first-order valence-corrected chi connectivity index (χ1v) is 12.9. The van der Waals surface area contributed by atoms with Crippen LogP contribution in [-0.4, -0.2) is 36.6 Å². The molecule has 0 amide bonds. The van der Waals surface area contributed by atoms with E-state index >= 15 is 0 Å². The average Bonchev–Trinajstić information content (AvgIpc) is 3.31. The van der Waals surface area contributed by atoms with Crippen LogP contribution in [-0.2, 0) is 0 Å². The number of aliphatic imine (C=N–C) groups is 2. The number of aromatic hydroxyl groups is 2. The van der Waals surface area contributed by atoms with Gasteiger partial charge in [0.15, 0.2) is 34.8 Å². The highest BCUT2D eigenvalue weighted by molar-refractivity contribution is 6.51. The predicted octanol–water partition coefficient (Wildman–Crippen LogP) is 6.09. The van der Waals surface area contributed by atoms with Crippen molar-refractivity contribution in [2.75, 3.05) is 10.2 Å². The number of aromatic nitrogens is 3. The minimum atomic E-state index is -0.432. The quantitative estimate of drug-likeness (QED) is 0.245. The molecule has 5 aromatic rings. The fourth-order valence-electron chi connectivity index (χ4n) is 5.24. The van der Waals surface area contributed by atoms with Gasteiger partial charge in [-0.05, 0) is 67.9 Å². The summed E-state index contributed by atoms with van der Waals surface area (Å²) in [5.74, 6) is 2.05. The molecule has 0 unspecified atom stereocenters. The van der Waals surface area contributed by atoms with E-state index in [1.54, 1.807) is 16.9 Å². The van der Waals surface area contributed by atoms with Crippen molar-refractivity contribution < 1.29 is 10.2 Å². The van der Waals surface area contributed by atoms with E-state index in [-0.39, 0.29) is 11.5 Å². The lowest BCUT2D eigenvalue weighted by Crippen LogP contribution is -2.46. The van der Waals surface area contributed by atoms with Gasteiger partial charge >= 0.3 is 0 Å². The van der Waals surface area contributed by atoms with Crippen LogP contribution in [0.15, 0.2) is 101 Å². The molecule has 0 bridgehead atoms. The molecule has 1 atom stereocenters. The Bertz CT molecular complexity index is 1830. The van der Waals surface area contributed by atoms with Crippen molar-refractivity contribution in [2.45, 2.75) is 19.9 Å². The Hall–Kier alpha value is -5.44. The van der Waals surface area contributed by atoms with Crippen LogP contribution in [0.5, 0.6) is 11.5 Å². The molecule has 0 radical (unpaired) electrons. The van der Waals surface area contributed by atoms with E-state index in [2.05, 4.69) is 15.2 Å². The molecule has 2 aromatic heterocycles. The molecule has 3 N–H and O–H groups in total. The Labute approximate surface area is 230 Å². The first kappa shape index (κ1) is 23.7. The van der Waals surface area contributed by atoms with Gasteiger partial charge < -0.3 is 20.4 Å². The van der Waals surface area contributed by atoms with Crippen molar-refractivity contribution in [3.63, 3.8) is 0 Å². The standard InChI is InChI=1S/C31H25N7O2/c1-18-10-13-21(14-11-18)33-29-31-35-30-27(19(2)36-38(30)26-9-5-6-16-32-26)28(20-12-15-24(39)25(40)17-20)37(31)23-8-4-3-7-22(23)34-29/h3-17,28,39-40H,1-2H3,(H,33,34)/t28-/m1/s1. The molecule has 9 heteroatoms. The van der Waals surface area contributed by atoms with Crippen LogP contribution in [0, 0.1) is 13.8 Å². The number of nitrogens with zero attached hydrogens (tertiary/aromatic N) is 6. The predicted molar refractivity (Wildman–Crippen MR) is 156 cm³/mol. The lowest BCUT2D eigenvalue weighted by Gasteiger charge is -2.40. The molecule has 196 valence electrons. The molecule has 40 heavy (non-hydrogen) atoms. The third-order valence-corrected chi connectivity index (χ3v) is 7.13. The number of rotatable bonds is 3. The summed E-state index contributed by atoms with van der Waals surface area (Å²) in [6.45, 7) is 3.99. The van der Waals surface area contributed by atoms with Crippen LogP contribution in [0.4, 0.5) is 22.9 Å². The van der Waals surface area contributed by atoms with Gasteiger partial charge in [0.05, 0.1) is 23.1 Å². The number of phenols is 2. The molecule has 0 spiro atoms. The van der Waals surface area contributed by atoms with Gasteiger partial charge in [-0.1, -0.05) is 42.0 Å². The Morgan fingerprint density at radius 3 is 2.40 bits per heavy atom. The number of amidine groups is 2. The maximum Gasteiger partial charge on any atom is 0.179 e. The first-order chi connectivity index (χ1) is 19.5. The zero-order valence-corrected chi connectivity index (χ0v) is 21.8. The summed E-state index contributed by atoms with van der Waals surface area (Å²) < 4.78 is 1.74. The van der Waals surface area contributed by atoms with E-state index in [9.17, 15) is 10.2 Å². The number of anilines is 2. The molecule has 4 heterocycles. The largest absolute Gasteiger partial charge is 0.504 e. The van der Waals surface area contributed by atoms with Gasteiger partial charge in [-0.25, -0.2) is 15.0 Å². The smallest absolute Gasteiger partial charge is 0.179 e. The van der Waals surface area contributed by atoms with Crippen molar-refractivity contribution in [3.05, 3.63) is 114 Å². The van der Waals surface area contributed by atoms with Crippen LogP contribution in [0.25, 0.3) is 5.82 Å². The lowest BCUT2D eigenvalue weighted by atomic mass is 9.93. The van der Waals surface area contributed by atoms with E-state index in [1.165, 1.54) is 6.07 Å². The monoisotopic (exact) mass is 527 g/mol. The molecule has 3 aromatic carbocycles. The number of aryl methyl sites for hydroxylation is 2. The number of nitrogens with one attached hydrogen (secondary N) is 1. The number of para-hydroxylation sites is 2. The normalized spacial score (nSPS) is 15.4. The summed E-state index contributed by atoms with van der Waals surface area (Å²) in [6.07, 6.45) is 1.72. The SMILES string of the molecule is Cc1ccc(NC2=Nc3ccccc3N3C2=Nc2c(c(C)nn2-c2ccccn2)[C@H]3c2ccc(O)c(O)c2)cc1. The van der Waals surface area contributed by atoms with Crippen molar-refractivity contribution in [1.82, 2.24) is 14.8 Å². The fourth-order valence-corrected chi connectivity index (χ4v) is 5.24. The molecule has 7 rings (SSSR count). The maximum atomic E-state index is 10.5. The van der Waals surface area contributed by atoms with Crippen LogP contribution >= 0.6 is 0 Å². The van der Waals surface area contributed by atoms with Crippen LogP contribution < -0.4 is 10.2 Å². The van der Waals surface area contributed by atoms with E-state index < -0.39 is 6.04 Å². The van der Waals surface area contributed by atoms with Gasteiger partial charge in [-0.2, -0.15) is 9.78 Å². The third kappa shape index (κ3) is 3.79. The lowest BCUT2D eigenvalue weighted by molar-refractivity contribution is 0.403. The minimum Gasteiger partial charge on any atom is -0.504 e. The zero-order chi connectivity index (χ0) is 27.4. The van der Waals surface area contributed by atoms with E-state index in [0.717, 1.165) is 39.4 Å². The van der Waals surface area contributed by atoms with Gasteiger partial charge in [-0.3, -0.25) is 0 Å². The molecule has 0 saturated carbocycles. The average molecular weight is 528 g/mol. The highest BCUT2D eigenvalue weighted by Gasteiger charge is 2.41.